The standard InChI is InChI=1S/C12H22N4O/c1-6-12(4,17-5)11-14-9(8(2)3)7-10(15-11)16-13/h7-8H,6,13H2,1-5H3,(H,14,15,16). The van der Waals surface area contributed by atoms with Crippen molar-refractivity contribution in [1.82, 2.24) is 9.97 Å². The van der Waals surface area contributed by atoms with Gasteiger partial charge in [-0.15, -0.1) is 0 Å². The monoisotopic (exact) mass is 238 g/mol. The Morgan fingerprint density at radius 3 is 2.53 bits per heavy atom. The number of nitrogen functional groups attached to an aromatic ring is 1. The Kier molecular flexibility index (Phi) is 4.42. The van der Waals surface area contributed by atoms with Crippen LogP contribution in [0, 0.1) is 0 Å². The van der Waals surface area contributed by atoms with Crippen LogP contribution in [-0.2, 0) is 10.3 Å². The average Bonchev–Trinajstić information content (AvgIpc) is 2.37. The fourth-order valence-corrected chi connectivity index (χ4v) is 1.47. The van der Waals surface area contributed by atoms with Gasteiger partial charge in [0.1, 0.15) is 11.4 Å². The summed E-state index contributed by atoms with van der Waals surface area (Å²) in [6.45, 7) is 8.20. The molecule has 0 radical (unpaired) electrons. The van der Waals surface area contributed by atoms with E-state index in [0.717, 1.165) is 12.1 Å². The molecular weight excluding hydrogens is 216 g/mol. The van der Waals surface area contributed by atoms with Crippen LogP contribution < -0.4 is 11.3 Å². The maximum Gasteiger partial charge on any atom is 0.162 e. The predicted molar refractivity (Wildman–Crippen MR) is 68.6 cm³/mol. The number of rotatable bonds is 5. The molecule has 0 bridgehead atoms. The Morgan fingerprint density at radius 2 is 2.12 bits per heavy atom. The van der Waals surface area contributed by atoms with Crippen LogP contribution in [0.4, 0.5) is 5.82 Å². The molecule has 1 rings (SSSR count). The Hall–Kier alpha value is -1.20. The third-order valence-corrected chi connectivity index (χ3v) is 3.08. The zero-order valence-electron chi connectivity index (χ0n) is 11.2. The van der Waals surface area contributed by atoms with Gasteiger partial charge in [0.05, 0.1) is 0 Å². The fourth-order valence-electron chi connectivity index (χ4n) is 1.47. The van der Waals surface area contributed by atoms with Gasteiger partial charge in [-0.1, -0.05) is 20.8 Å². The van der Waals surface area contributed by atoms with Gasteiger partial charge in [0.15, 0.2) is 5.82 Å². The first-order chi connectivity index (χ1) is 7.96. The lowest BCUT2D eigenvalue weighted by atomic mass is 10.0. The molecule has 0 saturated carbocycles. The summed E-state index contributed by atoms with van der Waals surface area (Å²) in [7, 11) is 1.67. The average molecular weight is 238 g/mol. The number of ether oxygens (including phenoxy) is 1. The molecule has 0 aliphatic heterocycles. The summed E-state index contributed by atoms with van der Waals surface area (Å²) < 4.78 is 5.51. The molecule has 17 heavy (non-hydrogen) atoms. The van der Waals surface area contributed by atoms with E-state index in [1.54, 1.807) is 7.11 Å². The maximum absolute atomic E-state index is 5.51. The zero-order valence-corrected chi connectivity index (χ0v) is 11.2. The second kappa shape index (κ2) is 5.42. The van der Waals surface area contributed by atoms with Crippen molar-refractivity contribution in [2.45, 2.75) is 45.6 Å². The third-order valence-electron chi connectivity index (χ3n) is 3.08. The van der Waals surface area contributed by atoms with Crippen LogP contribution in [0.25, 0.3) is 0 Å². The second-order valence-corrected chi connectivity index (χ2v) is 4.59. The predicted octanol–water partition coefficient (Wildman–Crippen LogP) is 2.16. The van der Waals surface area contributed by atoms with Gasteiger partial charge in [-0.05, 0) is 19.3 Å². The number of hydrogen-bond acceptors (Lipinski definition) is 5. The van der Waals surface area contributed by atoms with E-state index in [0.29, 0.717) is 17.6 Å². The highest BCUT2D eigenvalue weighted by Crippen LogP contribution is 2.27. The van der Waals surface area contributed by atoms with Gasteiger partial charge in [0, 0.05) is 18.9 Å². The summed E-state index contributed by atoms with van der Waals surface area (Å²) in [6.07, 6.45) is 0.801. The van der Waals surface area contributed by atoms with E-state index in [1.807, 2.05) is 19.9 Å². The number of hydrogen-bond donors (Lipinski definition) is 2. The molecule has 5 nitrogen and oxygen atoms in total. The first-order valence-electron chi connectivity index (χ1n) is 5.88. The van der Waals surface area contributed by atoms with Crippen LogP contribution in [0.2, 0.25) is 0 Å². The minimum atomic E-state index is -0.476. The highest BCUT2D eigenvalue weighted by atomic mass is 16.5. The molecule has 0 fully saturated rings. The summed E-state index contributed by atoms with van der Waals surface area (Å²) in [6, 6.07) is 1.86. The SMILES string of the molecule is CCC(C)(OC)c1nc(NN)cc(C(C)C)n1. The number of methoxy groups -OCH3 is 1. The lowest BCUT2D eigenvalue weighted by molar-refractivity contribution is -0.00907. The van der Waals surface area contributed by atoms with Gasteiger partial charge in [0.2, 0.25) is 0 Å². The number of anilines is 1. The van der Waals surface area contributed by atoms with Crippen LogP contribution in [0.1, 0.15) is 51.6 Å². The highest BCUT2D eigenvalue weighted by Gasteiger charge is 2.28. The minimum absolute atomic E-state index is 0.321. The van der Waals surface area contributed by atoms with E-state index in [-0.39, 0.29) is 0 Å². The Labute approximate surface area is 103 Å². The molecule has 0 spiro atoms. The molecule has 3 N–H and O–H groups in total. The molecule has 96 valence electrons. The van der Waals surface area contributed by atoms with Crippen molar-refractivity contribution in [3.8, 4) is 0 Å². The van der Waals surface area contributed by atoms with E-state index in [9.17, 15) is 0 Å². The Balaban J connectivity index is 3.28. The van der Waals surface area contributed by atoms with Crippen LogP contribution in [0.5, 0.6) is 0 Å². The molecule has 5 heteroatoms. The molecule has 1 atom stereocenters. The largest absolute Gasteiger partial charge is 0.371 e. The first kappa shape index (κ1) is 13.9. The van der Waals surface area contributed by atoms with Gasteiger partial charge in [-0.3, -0.25) is 0 Å². The van der Waals surface area contributed by atoms with Crippen LogP contribution in [-0.4, -0.2) is 17.1 Å². The molecule has 1 aromatic rings. The minimum Gasteiger partial charge on any atom is -0.371 e. The van der Waals surface area contributed by atoms with E-state index in [2.05, 4.69) is 29.2 Å². The molecule has 0 saturated heterocycles. The van der Waals surface area contributed by atoms with Crippen molar-refractivity contribution in [2.75, 3.05) is 12.5 Å². The molecular formula is C12H22N4O. The quantitative estimate of drug-likeness (QED) is 0.607. The van der Waals surface area contributed by atoms with Gasteiger partial charge >= 0.3 is 0 Å². The Morgan fingerprint density at radius 1 is 1.47 bits per heavy atom. The number of nitrogens with two attached hydrogens (primary N) is 1. The molecule has 0 aliphatic rings. The number of nitrogens with zero attached hydrogens (tertiary/aromatic N) is 2. The van der Waals surface area contributed by atoms with E-state index in [4.69, 9.17) is 10.6 Å². The van der Waals surface area contributed by atoms with Crippen molar-refractivity contribution in [3.63, 3.8) is 0 Å². The van der Waals surface area contributed by atoms with Crippen LogP contribution >= 0.6 is 0 Å². The summed E-state index contributed by atoms with van der Waals surface area (Å²) >= 11 is 0. The summed E-state index contributed by atoms with van der Waals surface area (Å²) in [5.41, 5.74) is 3.06. The van der Waals surface area contributed by atoms with Crippen molar-refractivity contribution >= 4 is 5.82 Å². The smallest absolute Gasteiger partial charge is 0.162 e. The number of hydrazine groups is 1. The summed E-state index contributed by atoms with van der Waals surface area (Å²) in [4.78, 5) is 8.94. The normalized spacial score (nSPS) is 14.8. The van der Waals surface area contributed by atoms with Crippen molar-refractivity contribution < 1.29 is 4.74 Å². The van der Waals surface area contributed by atoms with Gasteiger partial charge in [-0.25, -0.2) is 15.8 Å². The van der Waals surface area contributed by atoms with Gasteiger partial charge < -0.3 is 10.2 Å². The highest BCUT2D eigenvalue weighted by molar-refractivity contribution is 5.36. The molecule has 1 aromatic heterocycles. The van der Waals surface area contributed by atoms with Crippen LogP contribution in [0.3, 0.4) is 0 Å². The third kappa shape index (κ3) is 2.92. The van der Waals surface area contributed by atoms with Gasteiger partial charge in [-0.2, -0.15) is 0 Å². The molecule has 0 aromatic carbocycles. The maximum atomic E-state index is 5.51. The van der Waals surface area contributed by atoms with Crippen molar-refractivity contribution in [3.05, 3.63) is 17.6 Å². The van der Waals surface area contributed by atoms with E-state index < -0.39 is 5.60 Å². The second-order valence-electron chi connectivity index (χ2n) is 4.59. The topological polar surface area (TPSA) is 73.1 Å². The van der Waals surface area contributed by atoms with Crippen LogP contribution in [0.15, 0.2) is 6.07 Å². The number of aromatic nitrogens is 2. The van der Waals surface area contributed by atoms with E-state index >= 15 is 0 Å². The Bertz CT molecular complexity index is 375. The summed E-state index contributed by atoms with van der Waals surface area (Å²) in [5.74, 6) is 7.04. The van der Waals surface area contributed by atoms with Gasteiger partial charge in [0.25, 0.3) is 0 Å². The lowest BCUT2D eigenvalue weighted by Gasteiger charge is -2.26. The molecule has 1 heterocycles. The van der Waals surface area contributed by atoms with Crippen molar-refractivity contribution in [2.24, 2.45) is 5.84 Å². The molecule has 0 amide bonds. The first-order valence-corrected chi connectivity index (χ1v) is 5.88. The zero-order chi connectivity index (χ0) is 13.1. The molecule has 1 unspecified atom stereocenters. The fraction of sp³-hybridized carbons (Fsp3) is 0.667. The summed E-state index contributed by atoms with van der Waals surface area (Å²) in [5, 5.41) is 0. The lowest BCUT2D eigenvalue weighted by Crippen LogP contribution is -2.27. The molecule has 0 aliphatic carbocycles. The van der Waals surface area contributed by atoms with E-state index in [1.165, 1.54) is 0 Å². The number of nitrogens with one attached hydrogen (secondary N) is 1. The van der Waals surface area contributed by atoms with Crippen molar-refractivity contribution in [1.29, 1.82) is 0 Å².